The Morgan fingerprint density at radius 2 is 2.03 bits per heavy atom. The number of rotatable bonds is 4. The molecule has 0 N–H and O–H groups in total. The van der Waals surface area contributed by atoms with Gasteiger partial charge in [-0.15, -0.1) is 11.8 Å². The molecule has 148 valence electrons. The highest BCUT2D eigenvalue weighted by Gasteiger charge is 2.28. The first-order chi connectivity index (χ1) is 14.1. The SMILES string of the molecule is CSc1ccc(C)c(C(=O)N2CCN(c3oc(-c4ccco4)nc3C#N)CC2)c1. The molecule has 0 spiro atoms. The Kier molecular flexibility index (Phi) is 5.32. The summed E-state index contributed by atoms with van der Waals surface area (Å²) in [6.45, 7) is 4.17. The highest BCUT2D eigenvalue weighted by atomic mass is 32.2. The van der Waals surface area contributed by atoms with Crippen LogP contribution in [0.15, 0.2) is 50.3 Å². The number of hydrogen-bond donors (Lipinski definition) is 0. The summed E-state index contributed by atoms with van der Waals surface area (Å²) >= 11 is 1.62. The van der Waals surface area contributed by atoms with Crippen LogP contribution in [-0.4, -0.2) is 48.2 Å². The van der Waals surface area contributed by atoms with Gasteiger partial charge in [0, 0.05) is 36.6 Å². The van der Waals surface area contributed by atoms with E-state index in [1.165, 1.54) is 6.26 Å². The number of nitriles is 1. The lowest BCUT2D eigenvalue weighted by atomic mass is 10.1. The molecule has 4 rings (SSSR count). The van der Waals surface area contributed by atoms with Crippen molar-refractivity contribution in [1.29, 1.82) is 5.26 Å². The summed E-state index contributed by atoms with van der Waals surface area (Å²) in [4.78, 5) is 22.1. The van der Waals surface area contributed by atoms with Gasteiger partial charge in [-0.2, -0.15) is 10.2 Å². The Bertz CT molecular complexity index is 1060. The number of amides is 1. The van der Waals surface area contributed by atoms with Gasteiger partial charge in [-0.25, -0.2) is 0 Å². The third kappa shape index (κ3) is 3.74. The number of aromatic nitrogens is 1. The third-order valence-electron chi connectivity index (χ3n) is 4.98. The molecule has 7 nitrogen and oxygen atoms in total. The number of carbonyl (C=O) groups excluding carboxylic acids is 1. The van der Waals surface area contributed by atoms with Crippen LogP contribution in [-0.2, 0) is 0 Å². The van der Waals surface area contributed by atoms with Gasteiger partial charge in [0.25, 0.3) is 11.8 Å². The first-order valence-electron chi connectivity index (χ1n) is 9.24. The first kappa shape index (κ1) is 19.2. The number of benzene rings is 1. The second-order valence-corrected chi connectivity index (χ2v) is 7.60. The first-order valence-corrected chi connectivity index (χ1v) is 10.5. The van der Waals surface area contributed by atoms with Crippen LogP contribution in [0.1, 0.15) is 21.6 Å². The number of hydrogen-bond acceptors (Lipinski definition) is 7. The molecule has 0 saturated carbocycles. The molecule has 0 bridgehead atoms. The van der Waals surface area contributed by atoms with Crippen LogP contribution in [0.4, 0.5) is 5.88 Å². The van der Waals surface area contributed by atoms with Crippen LogP contribution in [0.3, 0.4) is 0 Å². The Hall–Kier alpha value is -3.18. The van der Waals surface area contributed by atoms with Crippen molar-refractivity contribution in [3.05, 3.63) is 53.4 Å². The Labute approximate surface area is 172 Å². The van der Waals surface area contributed by atoms with Crippen molar-refractivity contribution in [2.75, 3.05) is 37.3 Å². The number of carbonyl (C=O) groups is 1. The van der Waals surface area contributed by atoms with Gasteiger partial charge in [0.05, 0.1) is 6.26 Å². The smallest absolute Gasteiger partial charge is 0.266 e. The minimum Gasteiger partial charge on any atom is -0.459 e. The fourth-order valence-electron chi connectivity index (χ4n) is 3.35. The summed E-state index contributed by atoms with van der Waals surface area (Å²) in [5, 5.41) is 9.43. The highest BCUT2D eigenvalue weighted by molar-refractivity contribution is 7.98. The molecule has 0 radical (unpaired) electrons. The fraction of sp³-hybridized carbons (Fsp3) is 0.286. The van der Waals surface area contributed by atoms with E-state index in [9.17, 15) is 10.1 Å². The van der Waals surface area contributed by atoms with Gasteiger partial charge in [-0.3, -0.25) is 4.79 Å². The van der Waals surface area contributed by atoms with Crippen LogP contribution in [0.2, 0.25) is 0 Å². The number of furan rings is 1. The van der Waals surface area contributed by atoms with Crippen molar-refractivity contribution in [3.8, 4) is 17.7 Å². The minimum absolute atomic E-state index is 0.0346. The van der Waals surface area contributed by atoms with E-state index < -0.39 is 0 Å². The van der Waals surface area contributed by atoms with Crippen LogP contribution >= 0.6 is 11.8 Å². The molecule has 0 atom stereocenters. The van der Waals surface area contributed by atoms with Gasteiger partial charge in [-0.05, 0) is 43.0 Å². The number of nitrogens with zero attached hydrogens (tertiary/aromatic N) is 4. The molecule has 0 aliphatic carbocycles. The van der Waals surface area contributed by atoms with E-state index in [1.807, 2.05) is 41.2 Å². The molecule has 3 aromatic rings. The summed E-state index contributed by atoms with van der Waals surface area (Å²) in [7, 11) is 0. The monoisotopic (exact) mass is 408 g/mol. The number of anilines is 1. The summed E-state index contributed by atoms with van der Waals surface area (Å²) in [5.41, 5.74) is 1.93. The van der Waals surface area contributed by atoms with Crippen molar-refractivity contribution < 1.29 is 13.6 Å². The van der Waals surface area contributed by atoms with Gasteiger partial charge in [0.15, 0.2) is 5.76 Å². The minimum atomic E-state index is 0.0346. The zero-order valence-electron chi connectivity index (χ0n) is 16.2. The predicted octanol–water partition coefficient (Wildman–Crippen LogP) is 3.80. The molecule has 1 amide bonds. The molecule has 2 aromatic heterocycles. The maximum Gasteiger partial charge on any atom is 0.266 e. The second-order valence-electron chi connectivity index (χ2n) is 6.72. The van der Waals surface area contributed by atoms with Crippen LogP contribution in [0.5, 0.6) is 0 Å². The van der Waals surface area contributed by atoms with Gasteiger partial charge >= 0.3 is 0 Å². The average Bonchev–Trinajstić information content (AvgIpc) is 3.43. The van der Waals surface area contributed by atoms with E-state index in [2.05, 4.69) is 11.1 Å². The van der Waals surface area contributed by atoms with Crippen LogP contribution in [0.25, 0.3) is 11.7 Å². The molecule has 3 heterocycles. The van der Waals surface area contributed by atoms with Gasteiger partial charge in [0.2, 0.25) is 11.6 Å². The Morgan fingerprint density at radius 3 is 2.69 bits per heavy atom. The second kappa shape index (κ2) is 8.05. The van der Waals surface area contributed by atoms with E-state index in [-0.39, 0.29) is 17.5 Å². The molecule has 29 heavy (non-hydrogen) atoms. The van der Waals surface area contributed by atoms with Gasteiger partial charge in [-0.1, -0.05) is 6.07 Å². The predicted molar refractivity (Wildman–Crippen MR) is 110 cm³/mol. The quantitative estimate of drug-likeness (QED) is 0.607. The van der Waals surface area contributed by atoms with Crippen LogP contribution < -0.4 is 4.90 Å². The van der Waals surface area contributed by atoms with Gasteiger partial charge < -0.3 is 18.6 Å². The number of oxazole rings is 1. The molecular formula is C21H20N4O3S. The maximum absolute atomic E-state index is 13.0. The van der Waals surface area contributed by atoms with Crippen LogP contribution in [0, 0.1) is 18.3 Å². The molecular weight excluding hydrogens is 388 g/mol. The molecule has 1 aromatic carbocycles. The summed E-state index contributed by atoms with van der Waals surface area (Å²) in [6.07, 6.45) is 3.53. The van der Waals surface area contributed by atoms with Gasteiger partial charge in [0.1, 0.15) is 6.07 Å². The topological polar surface area (TPSA) is 86.5 Å². The molecule has 1 saturated heterocycles. The summed E-state index contributed by atoms with van der Waals surface area (Å²) < 4.78 is 11.1. The Balaban J connectivity index is 1.49. The maximum atomic E-state index is 13.0. The van der Waals surface area contributed by atoms with E-state index >= 15 is 0 Å². The molecule has 1 aliphatic rings. The zero-order chi connectivity index (χ0) is 20.4. The molecule has 0 unspecified atom stereocenters. The standard InChI is InChI=1S/C21H20N4O3S/c1-14-5-6-15(29-2)12-16(14)20(26)24-7-9-25(10-8-24)21-17(13-22)23-19(28-21)18-4-3-11-27-18/h3-6,11-12H,7-10H2,1-2H3. The van der Waals surface area contributed by atoms with E-state index in [4.69, 9.17) is 8.83 Å². The average molecular weight is 408 g/mol. The highest BCUT2D eigenvalue weighted by Crippen LogP contribution is 2.29. The lowest BCUT2D eigenvalue weighted by molar-refractivity contribution is 0.0744. The van der Waals surface area contributed by atoms with E-state index in [0.29, 0.717) is 37.8 Å². The molecule has 1 fully saturated rings. The van der Waals surface area contributed by atoms with Crippen molar-refractivity contribution in [2.45, 2.75) is 11.8 Å². The molecule has 8 heteroatoms. The normalized spacial score (nSPS) is 14.1. The lowest BCUT2D eigenvalue weighted by Crippen LogP contribution is -2.49. The van der Waals surface area contributed by atoms with Crippen molar-refractivity contribution in [1.82, 2.24) is 9.88 Å². The lowest BCUT2D eigenvalue weighted by Gasteiger charge is -2.34. The van der Waals surface area contributed by atoms with E-state index in [0.717, 1.165) is 16.0 Å². The number of piperazine rings is 1. The van der Waals surface area contributed by atoms with Crippen molar-refractivity contribution in [2.24, 2.45) is 0 Å². The number of thioether (sulfide) groups is 1. The summed E-state index contributed by atoms with van der Waals surface area (Å²) in [5.74, 6) is 1.22. The zero-order valence-corrected chi connectivity index (χ0v) is 17.0. The molecule has 1 aliphatic heterocycles. The van der Waals surface area contributed by atoms with E-state index in [1.54, 1.807) is 23.9 Å². The fourth-order valence-corrected chi connectivity index (χ4v) is 3.79. The Morgan fingerprint density at radius 1 is 1.24 bits per heavy atom. The third-order valence-corrected chi connectivity index (χ3v) is 5.70. The number of aryl methyl sites for hydroxylation is 1. The van der Waals surface area contributed by atoms with Crippen molar-refractivity contribution >= 4 is 23.6 Å². The summed E-state index contributed by atoms with van der Waals surface area (Å²) in [6, 6.07) is 11.5. The largest absolute Gasteiger partial charge is 0.459 e. The van der Waals surface area contributed by atoms with Crippen molar-refractivity contribution in [3.63, 3.8) is 0 Å².